The van der Waals surface area contributed by atoms with Gasteiger partial charge in [0.2, 0.25) is 10.0 Å². The van der Waals surface area contributed by atoms with Crippen LogP contribution in [-0.2, 0) is 16.6 Å². The van der Waals surface area contributed by atoms with E-state index in [9.17, 15) is 13.5 Å². The van der Waals surface area contributed by atoms with Crippen LogP contribution in [-0.4, -0.2) is 30.4 Å². The molecule has 0 bridgehead atoms. The molecule has 1 atom stereocenters. The first kappa shape index (κ1) is 16.5. The van der Waals surface area contributed by atoms with Crippen LogP contribution >= 0.6 is 0 Å². The average Bonchev–Trinajstić information content (AvgIpc) is 2.63. The summed E-state index contributed by atoms with van der Waals surface area (Å²) in [5.41, 5.74) is 0.395. The predicted molar refractivity (Wildman–Crippen MR) is 80.5 cm³/mol. The van der Waals surface area contributed by atoms with Crippen molar-refractivity contribution in [1.29, 1.82) is 0 Å². The largest absolute Gasteiger partial charge is 0.465 e. The van der Waals surface area contributed by atoms with Gasteiger partial charge in [-0.1, -0.05) is 19.8 Å². The lowest BCUT2D eigenvalue weighted by atomic mass is 10.1. The predicted octanol–water partition coefficient (Wildman–Crippen LogP) is 2.73. The van der Waals surface area contributed by atoms with E-state index in [0.717, 1.165) is 32.1 Å². The normalized spacial score (nSPS) is 21.4. The zero-order chi connectivity index (χ0) is 15.6. The molecule has 0 aromatic carbocycles. The lowest BCUT2D eigenvalue weighted by Gasteiger charge is -2.28. The lowest BCUT2D eigenvalue weighted by Crippen LogP contribution is -2.40. The number of hydrogen-bond donors (Lipinski definition) is 1. The molecule has 1 aromatic rings. The van der Waals surface area contributed by atoms with Crippen LogP contribution in [0.1, 0.15) is 56.1 Å². The molecule has 0 aliphatic carbocycles. The summed E-state index contributed by atoms with van der Waals surface area (Å²) >= 11 is 0. The Morgan fingerprint density at radius 2 is 1.95 bits per heavy atom. The van der Waals surface area contributed by atoms with Crippen LogP contribution in [0.2, 0.25) is 0 Å². The highest BCUT2D eigenvalue weighted by Crippen LogP contribution is 2.32. The molecule has 1 aromatic heterocycles. The van der Waals surface area contributed by atoms with Crippen LogP contribution in [0.25, 0.3) is 0 Å². The van der Waals surface area contributed by atoms with E-state index in [4.69, 9.17) is 4.42 Å². The van der Waals surface area contributed by atoms with Crippen LogP contribution in [0.15, 0.2) is 9.31 Å². The van der Waals surface area contributed by atoms with Gasteiger partial charge in [0, 0.05) is 18.2 Å². The fraction of sp³-hybridized carbons (Fsp3) is 0.733. The van der Waals surface area contributed by atoms with Crippen molar-refractivity contribution < 1.29 is 17.9 Å². The minimum Gasteiger partial charge on any atom is -0.465 e. The summed E-state index contributed by atoms with van der Waals surface area (Å²) in [7, 11) is -3.62. The Balaban J connectivity index is 2.50. The first-order chi connectivity index (χ1) is 9.93. The van der Waals surface area contributed by atoms with E-state index in [1.165, 1.54) is 0 Å². The van der Waals surface area contributed by atoms with Gasteiger partial charge in [-0.3, -0.25) is 0 Å². The van der Waals surface area contributed by atoms with Crippen LogP contribution < -0.4 is 0 Å². The molecular formula is C15H25NO4S. The van der Waals surface area contributed by atoms with Gasteiger partial charge in [-0.25, -0.2) is 8.42 Å². The van der Waals surface area contributed by atoms with Crippen molar-refractivity contribution in [1.82, 2.24) is 4.31 Å². The number of hydrogen-bond acceptors (Lipinski definition) is 4. The first-order valence-corrected chi connectivity index (χ1v) is 9.09. The van der Waals surface area contributed by atoms with Crippen molar-refractivity contribution in [2.45, 2.75) is 70.4 Å². The molecule has 21 heavy (non-hydrogen) atoms. The third kappa shape index (κ3) is 3.03. The Morgan fingerprint density at radius 1 is 1.24 bits per heavy atom. The van der Waals surface area contributed by atoms with Crippen molar-refractivity contribution in [2.24, 2.45) is 0 Å². The highest BCUT2D eigenvalue weighted by atomic mass is 32.2. The van der Waals surface area contributed by atoms with Crippen LogP contribution in [0.3, 0.4) is 0 Å². The second-order valence-electron chi connectivity index (χ2n) is 5.71. The summed E-state index contributed by atoms with van der Waals surface area (Å²) in [6.45, 7) is 5.60. The highest BCUT2D eigenvalue weighted by Gasteiger charge is 2.36. The zero-order valence-corrected chi connectivity index (χ0v) is 13.9. The molecule has 1 aliphatic heterocycles. The standard InChI is InChI=1S/C15H25NO4S/c1-4-13-8-6-5-7-9-16(13)21(18,19)15-12(3)20-11(2)14(15)10-17/h13,17H,4-10H2,1-3H3. The maximum Gasteiger partial charge on any atom is 0.247 e. The average molecular weight is 315 g/mol. The van der Waals surface area contributed by atoms with Crippen LogP contribution in [0.4, 0.5) is 0 Å². The smallest absolute Gasteiger partial charge is 0.247 e. The topological polar surface area (TPSA) is 70.8 Å². The van der Waals surface area contributed by atoms with Crippen LogP contribution in [0, 0.1) is 13.8 Å². The van der Waals surface area contributed by atoms with Gasteiger partial charge in [-0.2, -0.15) is 4.31 Å². The number of nitrogens with zero attached hydrogens (tertiary/aromatic N) is 1. The molecular weight excluding hydrogens is 290 g/mol. The zero-order valence-electron chi connectivity index (χ0n) is 13.1. The fourth-order valence-corrected chi connectivity index (χ4v) is 5.40. The third-order valence-electron chi connectivity index (χ3n) is 4.34. The SMILES string of the molecule is CCC1CCCCCN1S(=O)(=O)c1c(C)oc(C)c1CO. The van der Waals surface area contributed by atoms with Gasteiger partial charge >= 0.3 is 0 Å². The maximum atomic E-state index is 13.1. The van der Waals surface area contributed by atoms with Gasteiger partial charge in [-0.05, 0) is 33.1 Å². The molecule has 1 saturated heterocycles. The van der Waals surface area contributed by atoms with Gasteiger partial charge < -0.3 is 9.52 Å². The second kappa shape index (κ2) is 6.50. The molecule has 0 amide bonds. The molecule has 1 N–H and O–H groups in total. The summed E-state index contributed by atoms with van der Waals surface area (Å²) in [5.74, 6) is 0.854. The minimum atomic E-state index is -3.62. The Hall–Kier alpha value is -0.850. The van der Waals surface area contributed by atoms with E-state index in [-0.39, 0.29) is 17.5 Å². The van der Waals surface area contributed by atoms with E-state index in [1.807, 2.05) is 6.92 Å². The molecule has 120 valence electrons. The Bertz CT molecular complexity index is 591. The minimum absolute atomic E-state index is 0.0404. The molecule has 0 saturated carbocycles. The molecule has 0 radical (unpaired) electrons. The molecule has 0 spiro atoms. The quantitative estimate of drug-likeness (QED) is 0.927. The summed E-state index contributed by atoms with van der Waals surface area (Å²) in [4.78, 5) is 0.169. The van der Waals surface area contributed by atoms with Crippen molar-refractivity contribution >= 4 is 10.0 Å². The van der Waals surface area contributed by atoms with Gasteiger partial charge in [-0.15, -0.1) is 0 Å². The van der Waals surface area contributed by atoms with Crippen molar-refractivity contribution in [3.05, 3.63) is 17.1 Å². The summed E-state index contributed by atoms with van der Waals surface area (Å²) < 4.78 is 33.2. The van der Waals surface area contributed by atoms with E-state index in [0.29, 0.717) is 23.6 Å². The lowest BCUT2D eigenvalue weighted by molar-refractivity contribution is 0.275. The van der Waals surface area contributed by atoms with Gasteiger partial charge in [0.1, 0.15) is 16.4 Å². The fourth-order valence-electron chi connectivity index (χ4n) is 3.22. The first-order valence-electron chi connectivity index (χ1n) is 7.65. The Labute approximate surface area is 127 Å². The van der Waals surface area contributed by atoms with Gasteiger partial charge in [0.25, 0.3) is 0 Å². The number of rotatable bonds is 4. The molecule has 2 rings (SSSR count). The number of sulfonamides is 1. The number of aliphatic hydroxyl groups excluding tert-OH is 1. The number of aliphatic hydroxyl groups is 1. The molecule has 1 aliphatic rings. The van der Waals surface area contributed by atoms with Crippen molar-refractivity contribution in [3.63, 3.8) is 0 Å². The molecule has 1 unspecified atom stereocenters. The van der Waals surface area contributed by atoms with E-state index >= 15 is 0 Å². The molecule has 1 fully saturated rings. The number of furan rings is 1. The van der Waals surface area contributed by atoms with E-state index in [2.05, 4.69) is 0 Å². The van der Waals surface area contributed by atoms with E-state index < -0.39 is 10.0 Å². The Morgan fingerprint density at radius 3 is 2.57 bits per heavy atom. The molecule has 5 nitrogen and oxygen atoms in total. The molecule has 2 heterocycles. The van der Waals surface area contributed by atoms with Gasteiger partial charge in [0.05, 0.1) is 6.61 Å². The summed E-state index contributed by atoms with van der Waals surface area (Å²) in [6.07, 6.45) is 4.74. The maximum absolute atomic E-state index is 13.1. The second-order valence-corrected chi connectivity index (χ2v) is 7.53. The molecule has 6 heteroatoms. The summed E-state index contributed by atoms with van der Waals surface area (Å²) in [5, 5.41) is 9.51. The monoisotopic (exact) mass is 315 g/mol. The number of aryl methyl sites for hydroxylation is 2. The Kier molecular flexibility index (Phi) is 5.11. The summed E-state index contributed by atoms with van der Waals surface area (Å²) in [6, 6.07) is 0.0404. The van der Waals surface area contributed by atoms with Crippen LogP contribution in [0.5, 0.6) is 0 Å². The van der Waals surface area contributed by atoms with Crippen molar-refractivity contribution in [3.8, 4) is 0 Å². The van der Waals surface area contributed by atoms with Crippen molar-refractivity contribution in [2.75, 3.05) is 6.54 Å². The third-order valence-corrected chi connectivity index (χ3v) is 6.49. The highest BCUT2D eigenvalue weighted by molar-refractivity contribution is 7.89. The van der Waals surface area contributed by atoms with E-state index in [1.54, 1.807) is 18.2 Å². The van der Waals surface area contributed by atoms with Gasteiger partial charge in [0.15, 0.2) is 0 Å².